The zero-order valence-corrected chi connectivity index (χ0v) is 17.3. The van der Waals surface area contributed by atoms with Gasteiger partial charge in [0.05, 0.1) is 6.04 Å². The van der Waals surface area contributed by atoms with Crippen LogP contribution in [-0.4, -0.2) is 44.9 Å². The summed E-state index contributed by atoms with van der Waals surface area (Å²) in [7, 11) is 0. The molecule has 3 rings (SSSR count). The van der Waals surface area contributed by atoms with Crippen LogP contribution in [0.1, 0.15) is 50.3 Å². The van der Waals surface area contributed by atoms with Crippen molar-refractivity contribution in [3.8, 4) is 5.88 Å². The minimum Gasteiger partial charge on any atom is -0.494 e. The van der Waals surface area contributed by atoms with Crippen molar-refractivity contribution >= 4 is 18.4 Å². The minimum atomic E-state index is -0.396. The van der Waals surface area contributed by atoms with E-state index in [1.807, 2.05) is 19.9 Å². The van der Waals surface area contributed by atoms with E-state index in [2.05, 4.69) is 39.1 Å². The van der Waals surface area contributed by atoms with Crippen molar-refractivity contribution in [2.75, 3.05) is 13.1 Å². The van der Waals surface area contributed by atoms with Gasteiger partial charge in [-0.1, -0.05) is 37.3 Å². The predicted octanol–water partition coefficient (Wildman–Crippen LogP) is 3.67. The van der Waals surface area contributed by atoms with Gasteiger partial charge >= 0.3 is 0 Å². The van der Waals surface area contributed by atoms with Crippen molar-refractivity contribution in [2.45, 2.75) is 51.7 Å². The molecule has 0 aliphatic carbocycles. The standard InChI is InChI=1S/C21H28N4O2S/c1-3-15(2)25-20(27)18(19(26)23-21(25)28)13-22-17-9-11-24(12-10-17)14-16-7-5-4-6-8-16/h4-8,13,15,17,27H,3,9-12,14H2,1-2H3,(H,23,26,28). The van der Waals surface area contributed by atoms with Crippen LogP contribution >= 0.6 is 12.2 Å². The number of nitrogens with zero attached hydrogens (tertiary/aromatic N) is 3. The normalized spacial score (nSPS) is 17.2. The van der Waals surface area contributed by atoms with Crippen molar-refractivity contribution < 1.29 is 5.11 Å². The van der Waals surface area contributed by atoms with Crippen molar-refractivity contribution in [2.24, 2.45) is 4.99 Å². The lowest BCUT2D eigenvalue weighted by Crippen LogP contribution is -2.34. The topological polar surface area (TPSA) is 73.6 Å². The lowest BCUT2D eigenvalue weighted by Gasteiger charge is -2.30. The maximum Gasteiger partial charge on any atom is 0.264 e. The average molecular weight is 401 g/mol. The Bertz CT molecular complexity index is 928. The Morgan fingerprint density at radius 1 is 1.32 bits per heavy atom. The van der Waals surface area contributed by atoms with Crippen molar-refractivity contribution in [3.63, 3.8) is 0 Å². The van der Waals surface area contributed by atoms with Gasteiger partial charge in [0, 0.05) is 31.9 Å². The third-order valence-electron chi connectivity index (χ3n) is 5.41. The zero-order valence-electron chi connectivity index (χ0n) is 16.5. The van der Waals surface area contributed by atoms with Crippen LogP contribution in [0.4, 0.5) is 0 Å². The molecule has 2 heterocycles. The molecule has 1 aromatic carbocycles. The van der Waals surface area contributed by atoms with Gasteiger partial charge in [-0.15, -0.1) is 0 Å². The molecule has 1 aliphatic rings. The molecule has 0 spiro atoms. The number of rotatable bonds is 6. The number of likely N-dealkylation sites (tertiary alicyclic amines) is 1. The molecule has 1 saturated heterocycles. The van der Waals surface area contributed by atoms with E-state index in [0.29, 0.717) is 0 Å². The van der Waals surface area contributed by atoms with E-state index in [1.54, 1.807) is 4.57 Å². The van der Waals surface area contributed by atoms with E-state index in [9.17, 15) is 9.90 Å². The number of H-pyrrole nitrogens is 1. The van der Waals surface area contributed by atoms with Gasteiger partial charge in [0.25, 0.3) is 5.56 Å². The van der Waals surface area contributed by atoms with E-state index in [1.165, 1.54) is 11.8 Å². The molecule has 0 radical (unpaired) electrons. The second-order valence-corrected chi connectivity index (χ2v) is 7.78. The van der Waals surface area contributed by atoms with Crippen LogP contribution in [0.25, 0.3) is 0 Å². The number of aromatic hydroxyl groups is 1. The Morgan fingerprint density at radius 3 is 2.64 bits per heavy atom. The highest BCUT2D eigenvalue weighted by molar-refractivity contribution is 7.71. The highest BCUT2D eigenvalue weighted by Crippen LogP contribution is 2.21. The van der Waals surface area contributed by atoms with Gasteiger partial charge in [0.1, 0.15) is 5.56 Å². The molecule has 0 amide bonds. The van der Waals surface area contributed by atoms with Crippen LogP contribution in [0.15, 0.2) is 40.1 Å². The zero-order chi connectivity index (χ0) is 20.1. The van der Waals surface area contributed by atoms with Gasteiger partial charge in [0.2, 0.25) is 5.88 Å². The summed E-state index contributed by atoms with van der Waals surface area (Å²) in [4.78, 5) is 21.9. The fourth-order valence-electron chi connectivity index (χ4n) is 3.51. The third kappa shape index (κ3) is 4.77. The fourth-order valence-corrected chi connectivity index (χ4v) is 3.87. The Balaban J connectivity index is 1.67. The molecule has 2 N–H and O–H groups in total. The van der Waals surface area contributed by atoms with Gasteiger partial charge in [-0.05, 0) is 44.0 Å². The quantitative estimate of drug-likeness (QED) is 0.573. The first-order valence-electron chi connectivity index (χ1n) is 9.86. The Hall–Kier alpha value is -2.25. The molecule has 1 aromatic heterocycles. The molecule has 1 atom stereocenters. The summed E-state index contributed by atoms with van der Waals surface area (Å²) in [5.41, 5.74) is 1.10. The van der Waals surface area contributed by atoms with Gasteiger partial charge in [-0.3, -0.25) is 24.2 Å². The number of hydrogen-bond donors (Lipinski definition) is 2. The molecular formula is C21H28N4O2S. The fraction of sp³-hybridized carbons (Fsp3) is 0.476. The average Bonchev–Trinajstić information content (AvgIpc) is 2.69. The smallest absolute Gasteiger partial charge is 0.264 e. The molecule has 150 valence electrons. The van der Waals surface area contributed by atoms with E-state index >= 15 is 0 Å². The summed E-state index contributed by atoms with van der Waals surface area (Å²) in [6, 6.07) is 10.6. The second kappa shape index (κ2) is 9.30. The Kier molecular flexibility index (Phi) is 6.80. The number of piperidine rings is 1. The van der Waals surface area contributed by atoms with Gasteiger partial charge in [0.15, 0.2) is 4.77 Å². The summed E-state index contributed by atoms with van der Waals surface area (Å²) < 4.78 is 1.82. The van der Waals surface area contributed by atoms with Crippen molar-refractivity contribution in [3.05, 3.63) is 56.6 Å². The summed E-state index contributed by atoms with van der Waals surface area (Å²) in [5, 5.41) is 10.6. The Morgan fingerprint density at radius 2 is 2.00 bits per heavy atom. The Labute approximate surface area is 170 Å². The van der Waals surface area contributed by atoms with Crippen LogP contribution in [0.2, 0.25) is 0 Å². The number of aliphatic imine (C=N–C) groups is 1. The van der Waals surface area contributed by atoms with Gasteiger partial charge in [-0.25, -0.2) is 0 Å². The molecular weight excluding hydrogens is 372 g/mol. The number of aromatic nitrogens is 2. The van der Waals surface area contributed by atoms with E-state index < -0.39 is 5.56 Å². The highest BCUT2D eigenvalue weighted by atomic mass is 32.1. The van der Waals surface area contributed by atoms with E-state index in [0.717, 1.165) is 38.9 Å². The minimum absolute atomic E-state index is 0.00211. The number of nitrogens with one attached hydrogen (secondary N) is 1. The lowest BCUT2D eigenvalue weighted by atomic mass is 10.0. The lowest BCUT2D eigenvalue weighted by molar-refractivity contribution is 0.206. The summed E-state index contributed by atoms with van der Waals surface area (Å²) in [6.07, 6.45) is 4.18. The van der Waals surface area contributed by atoms with Gasteiger partial charge < -0.3 is 5.11 Å². The predicted molar refractivity (Wildman–Crippen MR) is 115 cm³/mol. The molecule has 2 aromatic rings. The van der Waals surface area contributed by atoms with Crippen molar-refractivity contribution in [1.29, 1.82) is 0 Å². The SMILES string of the molecule is CCC(C)n1c(O)c(C=NC2CCN(Cc3ccccc3)CC2)c(=O)[nH]c1=S. The molecule has 0 bridgehead atoms. The number of benzene rings is 1. The summed E-state index contributed by atoms with van der Waals surface area (Å²) in [6.45, 7) is 6.85. The number of aromatic amines is 1. The summed E-state index contributed by atoms with van der Waals surface area (Å²) in [5.74, 6) is -0.103. The third-order valence-corrected chi connectivity index (χ3v) is 5.70. The van der Waals surface area contributed by atoms with Crippen molar-refractivity contribution in [1.82, 2.24) is 14.5 Å². The first-order chi connectivity index (χ1) is 13.5. The van der Waals surface area contributed by atoms with Crippen LogP contribution in [0.5, 0.6) is 5.88 Å². The molecule has 0 saturated carbocycles. The van der Waals surface area contributed by atoms with Crippen LogP contribution in [0.3, 0.4) is 0 Å². The number of hydrogen-bond acceptors (Lipinski definition) is 5. The first kappa shape index (κ1) is 20.5. The summed E-state index contributed by atoms with van der Waals surface area (Å²) >= 11 is 5.20. The molecule has 1 fully saturated rings. The first-order valence-corrected chi connectivity index (χ1v) is 10.3. The van der Waals surface area contributed by atoms with Gasteiger partial charge in [-0.2, -0.15) is 0 Å². The maximum absolute atomic E-state index is 12.3. The van der Waals surface area contributed by atoms with Crippen LogP contribution in [-0.2, 0) is 6.54 Å². The molecule has 6 nitrogen and oxygen atoms in total. The largest absolute Gasteiger partial charge is 0.494 e. The van der Waals surface area contributed by atoms with E-state index in [-0.39, 0.29) is 28.3 Å². The maximum atomic E-state index is 12.3. The highest BCUT2D eigenvalue weighted by Gasteiger charge is 2.19. The van der Waals surface area contributed by atoms with E-state index in [4.69, 9.17) is 12.2 Å². The van der Waals surface area contributed by atoms with Crippen LogP contribution < -0.4 is 5.56 Å². The second-order valence-electron chi connectivity index (χ2n) is 7.39. The molecule has 1 unspecified atom stereocenters. The van der Waals surface area contributed by atoms with Crippen LogP contribution in [0, 0.1) is 4.77 Å². The monoisotopic (exact) mass is 400 g/mol. The molecule has 7 heteroatoms. The molecule has 28 heavy (non-hydrogen) atoms. The molecule has 1 aliphatic heterocycles.